The number of hydrogen-bond donors (Lipinski definition) is 0. The van der Waals surface area contributed by atoms with Gasteiger partial charge in [-0.2, -0.15) is 0 Å². The zero-order valence-electron chi connectivity index (χ0n) is 16.6. The van der Waals surface area contributed by atoms with Crippen LogP contribution in [0.3, 0.4) is 0 Å². The van der Waals surface area contributed by atoms with Crippen LogP contribution < -0.4 is 0 Å². The van der Waals surface area contributed by atoms with Crippen LogP contribution in [0.2, 0.25) is 0 Å². The van der Waals surface area contributed by atoms with E-state index >= 15 is 0 Å². The molecule has 0 unspecified atom stereocenters. The molecule has 0 fully saturated rings. The lowest BCUT2D eigenvalue weighted by Crippen LogP contribution is -2.11. The number of rotatable bonds is 4. The predicted molar refractivity (Wildman–Crippen MR) is 97.3 cm³/mol. The standard InChI is InChI=1S/C5H13N.C5H12.C4H10.2C2H6/c1-4-5-6(2)3;1-3-5-4-2;1-4(2)3;2*1-2/h4-5H2,1-3H3;3-5H2,1-2H3;4H,1-3H3;2*1-2H3. The maximum Gasteiger partial charge on any atom is -0.00275 e. The third kappa shape index (κ3) is 186. The van der Waals surface area contributed by atoms with Crippen molar-refractivity contribution in [2.45, 2.75) is 94.9 Å². The molecule has 0 atom stereocenters. The molecule has 0 aromatic heterocycles. The van der Waals surface area contributed by atoms with Crippen LogP contribution in [-0.2, 0) is 0 Å². The highest BCUT2D eigenvalue weighted by Crippen LogP contribution is 1.88. The molecule has 0 radical (unpaired) electrons. The minimum Gasteiger partial charge on any atom is -0.309 e. The van der Waals surface area contributed by atoms with Crippen molar-refractivity contribution in [1.82, 2.24) is 4.90 Å². The van der Waals surface area contributed by atoms with E-state index in [-0.39, 0.29) is 0 Å². The first-order valence-corrected chi connectivity index (χ1v) is 8.56. The van der Waals surface area contributed by atoms with Crippen LogP contribution in [0.15, 0.2) is 0 Å². The van der Waals surface area contributed by atoms with Crippen LogP contribution in [0.25, 0.3) is 0 Å². The van der Waals surface area contributed by atoms with Crippen LogP contribution in [0.5, 0.6) is 0 Å². The topological polar surface area (TPSA) is 3.24 Å². The molecule has 0 aliphatic rings. The third-order valence-corrected chi connectivity index (χ3v) is 1.38. The summed E-state index contributed by atoms with van der Waals surface area (Å²) in [4.78, 5) is 2.18. The van der Waals surface area contributed by atoms with Crippen molar-refractivity contribution >= 4 is 0 Å². The Morgan fingerprint density at radius 3 is 0.947 bits per heavy atom. The molecule has 1 nitrogen and oxygen atoms in total. The van der Waals surface area contributed by atoms with Gasteiger partial charge in [-0.15, -0.1) is 0 Å². The van der Waals surface area contributed by atoms with E-state index in [4.69, 9.17) is 0 Å². The molecule has 0 N–H and O–H groups in total. The average Bonchev–Trinajstić information content (AvgIpc) is 2.35. The number of hydrogen-bond acceptors (Lipinski definition) is 1. The van der Waals surface area contributed by atoms with Crippen molar-refractivity contribution in [2.24, 2.45) is 5.92 Å². The Morgan fingerprint density at radius 2 is 0.947 bits per heavy atom. The van der Waals surface area contributed by atoms with Crippen molar-refractivity contribution in [3.8, 4) is 0 Å². The summed E-state index contributed by atoms with van der Waals surface area (Å²) < 4.78 is 0. The second-order valence-corrected chi connectivity index (χ2v) is 4.89. The van der Waals surface area contributed by atoms with E-state index in [2.05, 4.69) is 60.5 Å². The highest BCUT2D eigenvalue weighted by Gasteiger charge is 1.79. The second-order valence-electron chi connectivity index (χ2n) is 4.89. The fraction of sp³-hybridized carbons (Fsp3) is 1.00. The lowest BCUT2D eigenvalue weighted by Gasteiger charge is -2.03. The molecule has 0 amide bonds. The lowest BCUT2D eigenvalue weighted by atomic mass is 10.3. The van der Waals surface area contributed by atoms with Crippen LogP contribution in [0.1, 0.15) is 94.9 Å². The molecular weight excluding hydrogens is 230 g/mol. The zero-order chi connectivity index (χ0) is 16.7. The van der Waals surface area contributed by atoms with E-state index in [9.17, 15) is 0 Å². The Kier molecular flexibility index (Phi) is 71.0. The second kappa shape index (κ2) is 43.0. The van der Waals surface area contributed by atoms with E-state index in [1.54, 1.807) is 0 Å². The van der Waals surface area contributed by atoms with Crippen molar-refractivity contribution in [3.63, 3.8) is 0 Å². The maximum absolute atomic E-state index is 2.21. The van der Waals surface area contributed by atoms with Gasteiger partial charge in [-0.3, -0.25) is 0 Å². The molecule has 19 heavy (non-hydrogen) atoms. The monoisotopic (exact) mass is 277 g/mol. The quantitative estimate of drug-likeness (QED) is 0.542. The van der Waals surface area contributed by atoms with Gasteiger partial charge in [-0.05, 0) is 33.0 Å². The summed E-state index contributed by atoms with van der Waals surface area (Å²) in [6.45, 7) is 22.3. The summed E-state index contributed by atoms with van der Waals surface area (Å²) in [6, 6.07) is 0. The fourth-order valence-corrected chi connectivity index (χ4v) is 0.801. The average molecular weight is 278 g/mol. The third-order valence-electron chi connectivity index (χ3n) is 1.38. The number of nitrogens with zero attached hydrogens (tertiary/aromatic N) is 1. The SMILES string of the molecule is CC.CC.CC(C)C.CCCCC.CCCN(C)C. The van der Waals surface area contributed by atoms with E-state index in [0.29, 0.717) is 0 Å². The molecular formula is C18H47N. The van der Waals surface area contributed by atoms with Gasteiger partial charge in [0.15, 0.2) is 0 Å². The molecule has 0 spiro atoms. The first-order valence-electron chi connectivity index (χ1n) is 8.56. The molecule has 0 saturated carbocycles. The molecule has 0 aliphatic carbocycles. The normalized spacial score (nSPS) is 7.89. The van der Waals surface area contributed by atoms with Crippen LogP contribution in [0.4, 0.5) is 0 Å². The smallest absolute Gasteiger partial charge is 0.00275 e. The van der Waals surface area contributed by atoms with Crippen molar-refractivity contribution in [2.75, 3.05) is 20.6 Å². The van der Waals surface area contributed by atoms with Gasteiger partial charge in [0.2, 0.25) is 0 Å². The summed E-state index contributed by atoms with van der Waals surface area (Å²) in [5.74, 6) is 0.833. The van der Waals surface area contributed by atoms with E-state index in [1.165, 1.54) is 32.2 Å². The van der Waals surface area contributed by atoms with Gasteiger partial charge in [-0.25, -0.2) is 0 Å². The summed E-state index contributed by atoms with van der Waals surface area (Å²) in [7, 11) is 4.17. The fourth-order valence-electron chi connectivity index (χ4n) is 0.801. The Labute approximate surface area is 127 Å². The van der Waals surface area contributed by atoms with Crippen LogP contribution in [-0.4, -0.2) is 25.5 Å². The highest BCUT2D eigenvalue weighted by atomic mass is 15.0. The highest BCUT2D eigenvalue weighted by molar-refractivity contribution is 4.34. The van der Waals surface area contributed by atoms with Crippen molar-refractivity contribution in [1.29, 1.82) is 0 Å². The van der Waals surface area contributed by atoms with Gasteiger partial charge in [0.25, 0.3) is 0 Å². The largest absolute Gasteiger partial charge is 0.309 e. The first-order chi connectivity index (χ1) is 8.92. The maximum atomic E-state index is 2.21. The lowest BCUT2D eigenvalue weighted by molar-refractivity contribution is 0.408. The minimum atomic E-state index is 0.833. The van der Waals surface area contributed by atoms with Crippen LogP contribution >= 0.6 is 0 Å². The summed E-state index contributed by atoms with van der Waals surface area (Å²) in [6.07, 6.45) is 5.33. The van der Waals surface area contributed by atoms with E-state index in [1.807, 2.05) is 27.7 Å². The molecule has 0 saturated heterocycles. The Hall–Kier alpha value is -0.0400. The molecule has 1 heteroatoms. The number of unbranched alkanes of at least 4 members (excludes halogenated alkanes) is 2. The van der Waals surface area contributed by atoms with Gasteiger partial charge in [0.05, 0.1) is 0 Å². The van der Waals surface area contributed by atoms with Gasteiger partial charge < -0.3 is 4.90 Å². The van der Waals surface area contributed by atoms with Gasteiger partial charge >= 0.3 is 0 Å². The first kappa shape index (κ1) is 31.4. The molecule has 0 aromatic carbocycles. The van der Waals surface area contributed by atoms with Crippen molar-refractivity contribution in [3.05, 3.63) is 0 Å². The summed E-state index contributed by atoms with van der Waals surface area (Å²) in [5.41, 5.74) is 0. The predicted octanol–water partition coefficient (Wildman–Crippen LogP) is 6.87. The summed E-state index contributed by atoms with van der Waals surface area (Å²) >= 11 is 0. The Morgan fingerprint density at radius 1 is 0.684 bits per heavy atom. The zero-order valence-corrected chi connectivity index (χ0v) is 16.6. The Balaban J connectivity index is -0.0000000461. The summed E-state index contributed by atoms with van der Waals surface area (Å²) in [5, 5.41) is 0. The molecule has 124 valence electrons. The molecule has 0 bridgehead atoms. The van der Waals surface area contributed by atoms with Crippen LogP contribution in [0, 0.1) is 5.92 Å². The van der Waals surface area contributed by atoms with E-state index < -0.39 is 0 Å². The molecule has 0 aliphatic heterocycles. The molecule has 0 heterocycles. The molecule has 0 aromatic rings. The van der Waals surface area contributed by atoms with Gasteiger partial charge in [-0.1, -0.05) is 88.5 Å². The Bertz CT molecular complexity index is 73.0. The van der Waals surface area contributed by atoms with Gasteiger partial charge in [0, 0.05) is 0 Å². The van der Waals surface area contributed by atoms with Gasteiger partial charge in [0.1, 0.15) is 0 Å². The minimum absolute atomic E-state index is 0.833. The van der Waals surface area contributed by atoms with E-state index in [0.717, 1.165) is 5.92 Å². The van der Waals surface area contributed by atoms with Crippen molar-refractivity contribution < 1.29 is 0 Å². The molecule has 0 rings (SSSR count).